The average molecular weight is 306 g/mol. The van der Waals surface area contributed by atoms with E-state index in [0.29, 0.717) is 26.1 Å². The minimum Gasteiger partial charge on any atom is -0.384 e. The predicted molar refractivity (Wildman–Crippen MR) is 79.1 cm³/mol. The van der Waals surface area contributed by atoms with Gasteiger partial charge in [0.25, 0.3) is 0 Å². The van der Waals surface area contributed by atoms with Crippen molar-refractivity contribution >= 4 is 17.2 Å². The number of methoxy groups -OCH3 is 1. The van der Waals surface area contributed by atoms with Gasteiger partial charge in [0.15, 0.2) is 0 Å². The molecule has 2 aromatic heterocycles. The lowest BCUT2D eigenvalue weighted by atomic mass is 9.98. The van der Waals surface area contributed by atoms with E-state index in [1.807, 2.05) is 29.5 Å². The highest BCUT2D eigenvalue weighted by Crippen LogP contribution is 2.27. The number of thiophene rings is 1. The van der Waals surface area contributed by atoms with Gasteiger partial charge in [0.1, 0.15) is 5.69 Å². The lowest BCUT2D eigenvalue weighted by Gasteiger charge is -2.32. The number of hydrogen-bond acceptors (Lipinski definition) is 5. The second-order valence-electron chi connectivity index (χ2n) is 5.23. The minimum absolute atomic E-state index is 0.131. The molecule has 1 amide bonds. The largest absolute Gasteiger partial charge is 0.384 e. The van der Waals surface area contributed by atoms with Crippen molar-refractivity contribution in [2.24, 2.45) is 7.05 Å². The van der Waals surface area contributed by atoms with Crippen molar-refractivity contribution in [3.05, 3.63) is 33.8 Å². The van der Waals surface area contributed by atoms with Gasteiger partial charge in [-0.3, -0.25) is 9.48 Å². The molecule has 1 aliphatic rings. The van der Waals surface area contributed by atoms with Crippen molar-refractivity contribution in [1.82, 2.24) is 19.9 Å². The zero-order valence-electron chi connectivity index (χ0n) is 12.2. The van der Waals surface area contributed by atoms with Gasteiger partial charge in [-0.1, -0.05) is 11.3 Å². The summed E-state index contributed by atoms with van der Waals surface area (Å²) in [5, 5.41) is 10.3. The number of amides is 1. The average Bonchev–Trinajstić information content (AvgIpc) is 3.09. The van der Waals surface area contributed by atoms with Crippen molar-refractivity contribution in [3.8, 4) is 0 Å². The van der Waals surface area contributed by atoms with Crippen LogP contribution in [0, 0.1) is 0 Å². The van der Waals surface area contributed by atoms with E-state index in [2.05, 4.69) is 10.3 Å². The zero-order chi connectivity index (χ0) is 14.8. The van der Waals surface area contributed by atoms with E-state index in [0.717, 1.165) is 16.3 Å². The molecule has 7 heteroatoms. The highest BCUT2D eigenvalue weighted by atomic mass is 32.1. The Balaban J connectivity index is 1.78. The van der Waals surface area contributed by atoms with Crippen molar-refractivity contribution in [2.45, 2.75) is 18.9 Å². The summed E-state index contributed by atoms with van der Waals surface area (Å²) in [4.78, 5) is 15.4. The Labute approximate surface area is 127 Å². The highest BCUT2D eigenvalue weighted by Gasteiger charge is 2.32. The summed E-state index contributed by atoms with van der Waals surface area (Å²) in [6.45, 7) is 1.76. The van der Waals surface area contributed by atoms with E-state index in [4.69, 9.17) is 4.74 Å². The third kappa shape index (κ3) is 2.84. The topological polar surface area (TPSA) is 60.2 Å². The quantitative estimate of drug-likeness (QED) is 0.851. The van der Waals surface area contributed by atoms with Crippen LogP contribution < -0.4 is 0 Å². The summed E-state index contributed by atoms with van der Waals surface area (Å²) in [5.41, 5.74) is 1.96. The molecule has 0 saturated carbocycles. The molecule has 1 aliphatic heterocycles. The third-order valence-electron chi connectivity index (χ3n) is 3.74. The summed E-state index contributed by atoms with van der Waals surface area (Å²) >= 11 is 1.61. The lowest BCUT2D eigenvalue weighted by molar-refractivity contribution is -0.132. The second kappa shape index (κ2) is 5.95. The Morgan fingerprint density at radius 1 is 1.57 bits per heavy atom. The summed E-state index contributed by atoms with van der Waals surface area (Å²) in [6, 6.07) is 3.96. The molecule has 21 heavy (non-hydrogen) atoms. The van der Waals surface area contributed by atoms with Crippen LogP contribution in [-0.2, 0) is 29.5 Å². The third-order valence-corrected chi connectivity index (χ3v) is 4.61. The Hall–Kier alpha value is -1.73. The van der Waals surface area contributed by atoms with Gasteiger partial charge in [-0.2, -0.15) is 0 Å². The van der Waals surface area contributed by atoms with Crippen molar-refractivity contribution in [1.29, 1.82) is 0 Å². The Morgan fingerprint density at radius 2 is 2.43 bits per heavy atom. The molecule has 0 aromatic carbocycles. The van der Waals surface area contributed by atoms with Crippen LogP contribution in [0.15, 0.2) is 17.5 Å². The maximum atomic E-state index is 12.5. The maximum Gasteiger partial charge on any atom is 0.228 e. The summed E-state index contributed by atoms with van der Waals surface area (Å²) in [6.07, 6.45) is 0.451. The van der Waals surface area contributed by atoms with Crippen LogP contribution in [0.25, 0.3) is 0 Å². The molecule has 0 bridgehead atoms. The summed E-state index contributed by atoms with van der Waals surface area (Å²) in [5.74, 6) is 0.265. The molecule has 0 spiro atoms. The number of hydrogen-bond donors (Lipinski definition) is 0. The molecule has 0 fully saturated rings. The molecule has 2 aromatic rings. The Bertz CT molecular complexity index is 623. The fraction of sp³-hybridized carbons (Fsp3) is 0.500. The molecule has 6 nitrogen and oxygen atoms in total. The van der Waals surface area contributed by atoms with Gasteiger partial charge in [-0.15, -0.1) is 16.4 Å². The maximum absolute atomic E-state index is 12.5. The molecular weight excluding hydrogens is 288 g/mol. The monoisotopic (exact) mass is 306 g/mol. The molecule has 1 atom stereocenters. The normalized spacial score (nSPS) is 17.8. The molecule has 112 valence electrons. The zero-order valence-corrected chi connectivity index (χ0v) is 13.0. The van der Waals surface area contributed by atoms with Gasteiger partial charge in [0.2, 0.25) is 5.91 Å². The first-order chi connectivity index (χ1) is 10.2. The highest BCUT2D eigenvalue weighted by molar-refractivity contribution is 7.10. The van der Waals surface area contributed by atoms with Crippen molar-refractivity contribution in [2.75, 3.05) is 20.3 Å². The van der Waals surface area contributed by atoms with Crippen LogP contribution in [0.1, 0.15) is 22.2 Å². The van der Waals surface area contributed by atoms with Crippen LogP contribution in [0.2, 0.25) is 0 Å². The van der Waals surface area contributed by atoms with Gasteiger partial charge in [-0.05, 0) is 11.4 Å². The standard InChI is InChI=1S/C14H18N4O2S/c1-17-14-10(9-20-2)7-18(8-12(14)15-16-17)13(19)6-11-4-3-5-21-11/h3-5,10H,6-9H2,1-2H3/t10-/m1/s1. The van der Waals surface area contributed by atoms with Gasteiger partial charge in [-0.25, -0.2) is 0 Å². The van der Waals surface area contributed by atoms with Crippen LogP contribution in [0.3, 0.4) is 0 Å². The van der Waals surface area contributed by atoms with E-state index < -0.39 is 0 Å². The summed E-state index contributed by atoms with van der Waals surface area (Å²) < 4.78 is 7.08. The molecule has 0 unspecified atom stereocenters. The second-order valence-corrected chi connectivity index (χ2v) is 6.26. The van der Waals surface area contributed by atoms with E-state index in [1.54, 1.807) is 23.1 Å². The van der Waals surface area contributed by atoms with Crippen LogP contribution in [0.4, 0.5) is 0 Å². The molecule has 0 aliphatic carbocycles. The van der Waals surface area contributed by atoms with E-state index in [1.165, 1.54) is 0 Å². The van der Waals surface area contributed by atoms with Crippen LogP contribution >= 0.6 is 11.3 Å². The first kappa shape index (κ1) is 14.2. The van der Waals surface area contributed by atoms with Crippen molar-refractivity contribution < 1.29 is 9.53 Å². The number of aryl methyl sites for hydroxylation is 1. The molecule has 3 rings (SSSR count). The number of fused-ring (bicyclic) bond motifs is 1. The van der Waals surface area contributed by atoms with Crippen LogP contribution in [0.5, 0.6) is 0 Å². The molecule has 3 heterocycles. The fourth-order valence-electron chi connectivity index (χ4n) is 2.81. The van der Waals surface area contributed by atoms with Gasteiger partial charge in [0, 0.05) is 31.5 Å². The molecule has 0 radical (unpaired) electrons. The smallest absolute Gasteiger partial charge is 0.228 e. The van der Waals surface area contributed by atoms with Gasteiger partial charge in [0.05, 0.1) is 25.3 Å². The first-order valence-corrected chi connectivity index (χ1v) is 7.74. The first-order valence-electron chi connectivity index (χ1n) is 6.86. The number of carbonyl (C=O) groups excluding carboxylic acids is 1. The van der Waals surface area contributed by atoms with Crippen LogP contribution in [-0.4, -0.2) is 46.1 Å². The fourth-order valence-corrected chi connectivity index (χ4v) is 3.51. The number of aromatic nitrogens is 3. The lowest BCUT2D eigenvalue weighted by Crippen LogP contribution is -2.40. The van der Waals surface area contributed by atoms with Gasteiger partial charge >= 0.3 is 0 Å². The molecule has 0 saturated heterocycles. The van der Waals surface area contributed by atoms with E-state index in [9.17, 15) is 4.79 Å². The Morgan fingerprint density at radius 3 is 3.14 bits per heavy atom. The molecule has 0 N–H and O–H groups in total. The number of rotatable bonds is 4. The molecular formula is C14H18N4O2S. The van der Waals surface area contributed by atoms with E-state index in [-0.39, 0.29) is 11.8 Å². The van der Waals surface area contributed by atoms with E-state index >= 15 is 0 Å². The summed E-state index contributed by atoms with van der Waals surface area (Å²) in [7, 11) is 3.56. The SMILES string of the molecule is COC[C@H]1CN(C(=O)Cc2cccs2)Cc2nnn(C)c21. The predicted octanol–water partition coefficient (Wildman–Crippen LogP) is 1.19. The Kier molecular flexibility index (Phi) is 4.03. The number of ether oxygens (including phenoxy) is 1. The number of carbonyl (C=O) groups is 1. The van der Waals surface area contributed by atoms with Crippen molar-refractivity contribution in [3.63, 3.8) is 0 Å². The minimum atomic E-state index is 0.131. The van der Waals surface area contributed by atoms with Gasteiger partial charge < -0.3 is 9.64 Å². The number of nitrogens with zero attached hydrogens (tertiary/aromatic N) is 4.